The minimum absolute atomic E-state index is 0.0468. The quantitative estimate of drug-likeness (QED) is 0.478. The van der Waals surface area contributed by atoms with E-state index < -0.39 is 46.2 Å². The summed E-state index contributed by atoms with van der Waals surface area (Å²) in [6.45, 7) is 6.72. The highest BCUT2D eigenvalue weighted by molar-refractivity contribution is 5.82. The first-order valence-corrected chi connectivity index (χ1v) is 10.4. The Kier molecular flexibility index (Phi) is 6.85. The largest absolute Gasteiger partial charge is 0.444 e. The number of hydrogen-bond acceptors (Lipinski definition) is 5. The standard InChI is InChI=1S/C23H24F4N4O3/c1-5-16(29-21(33)34-22(2,3)4)19-28-17-8-6-7-15(23(25,26)27)18(17)20(32)31(19)30-14-11-9-13(24)10-12-14/h6-12,16,30H,5H2,1-4H3,(H,29,33)/t16-/m0/s1. The molecule has 2 N–H and O–H groups in total. The predicted molar refractivity (Wildman–Crippen MR) is 119 cm³/mol. The Bertz CT molecular complexity index is 1250. The molecule has 0 aliphatic rings. The van der Waals surface area contributed by atoms with Gasteiger partial charge in [-0.3, -0.25) is 10.2 Å². The number of amides is 1. The van der Waals surface area contributed by atoms with E-state index in [9.17, 15) is 27.2 Å². The molecule has 2 aromatic carbocycles. The third kappa shape index (κ3) is 5.64. The second kappa shape index (κ2) is 9.32. The van der Waals surface area contributed by atoms with Gasteiger partial charge in [0.2, 0.25) is 0 Å². The average molecular weight is 480 g/mol. The number of rotatable bonds is 5. The van der Waals surface area contributed by atoms with E-state index in [1.807, 2.05) is 0 Å². The lowest BCUT2D eigenvalue weighted by molar-refractivity contribution is -0.136. The molecule has 0 radical (unpaired) electrons. The van der Waals surface area contributed by atoms with E-state index in [0.717, 1.165) is 28.9 Å². The van der Waals surface area contributed by atoms with Crippen molar-refractivity contribution in [2.45, 2.75) is 51.9 Å². The van der Waals surface area contributed by atoms with Crippen molar-refractivity contribution < 1.29 is 27.1 Å². The molecule has 1 aromatic heterocycles. The molecule has 34 heavy (non-hydrogen) atoms. The minimum atomic E-state index is -4.80. The summed E-state index contributed by atoms with van der Waals surface area (Å²) < 4.78 is 60.4. The van der Waals surface area contributed by atoms with Gasteiger partial charge in [-0.2, -0.15) is 13.2 Å². The van der Waals surface area contributed by atoms with Gasteiger partial charge in [-0.1, -0.05) is 13.0 Å². The van der Waals surface area contributed by atoms with Crippen molar-refractivity contribution in [3.8, 4) is 0 Å². The van der Waals surface area contributed by atoms with Crippen LogP contribution in [0.1, 0.15) is 51.5 Å². The highest BCUT2D eigenvalue weighted by atomic mass is 19.4. The number of fused-ring (bicyclic) bond motifs is 1. The maximum atomic E-state index is 13.6. The van der Waals surface area contributed by atoms with Crippen molar-refractivity contribution >= 4 is 22.7 Å². The first kappa shape index (κ1) is 25.0. The smallest absolute Gasteiger partial charge is 0.417 e. The zero-order valence-corrected chi connectivity index (χ0v) is 19.0. The Hall–Kier alpha value is -3.63. The van der Waals surface area contributed by atoms with Gasteiger partial charge in [-0.15, -0.1) is 0 Å². The van der Waals surface area contributed by atoms with E-state index in [-0.39, 0.29) is 23.4 Å². The molecule has 0 saturated heterocycles. The van der Waals surface area contributed by atoms with Crippen LogP contribution in [-0.4, -0.2) is 21.4 Å². The number of nitrogens with one attached hydrogen (secondary N) is 2. The van der Waals surface area contributed by atoms with Crippen LogP contribution in [-0.2, 0) is 10.9 Å². The molecule has 7 nitrogen and oxygen atoms in total. The summed E-state index contributed by atoms with van der Waals surface area (Å²) in [5.41, 5.74) is -0.235. The number of carbonyl (C=O) groups is 1. The Labute approximate surface area is 192 Å². The first-order chi connectivity index (χ1) is 15.8. The first-order valence-electron chi connectivity index (χ1n) is 10.4. The lowest BCUT2D eigenvalue weighted by Crippen LogP contribution is -2.40. The number of alkyl carbamates (subject to hydrolysis) is 1. The highest BCUT2D eigenvalue weighted by Gasteiger charge is 2.35. The number of carbonyl (C=O) groups excluding carboxylic acids is 1. The third-order valence-corrected chi connectivity index (χ3v) is 4.72. The van der Waals surface area contributed by atoms with Crippen LogP contribution in [0.5, 0.6) is 0 Å². The third-order valence-electron chi connectivity index (χ3n) is 4.72. The Balaban J connectivity index is 2.21. The van der Waals surface area contributed by atoms with Gasteiger partial charge in [0.05, 0.1) is 28.2 Å². The number of nitrogens with zero attached hydrogens (tertiary/aromatic N) is 2. The van der Waals surface area contributed by atoms with Gasteiger partial charge in [0.25, 0.3) is 5.56 Å². The van der Waals surface area contributed by atoms with Crippen LogP contribution >= 0.6 is 0 Å². The number of ether oxygens (including phenoxy) is 1. The zero-order chi connectivity index (χ0) is 25.3. The fourth-order valence-corrected chi connectivity index (χ4v) is 3.28. The number of alkyl halides is 3. The lowest BCUT2D eigenvalue weighted by Gasteiger charge is -2.25. The number of hydrogen-bond donors (Lipinski definition) is 2. The molecule has 0 spiro atoms. The van der Waals surface area contributed by atoms with Crippen molar-refractivity contribution in [2.24, 2.45) is 0 Å². The second-order valence-electron chi connectivity index (χ2n) is 8.53. The Morgan fingerprint density at radius 1 is 1.12 bits per heavy atom. The monoisotopic (exact) mass is 480 g/mol. The van der Waals surface area contributed by atoms with E-state index in [0.29, 0.717) is 0 Å². The van der Waals surface area contributed by atoms with Crippen LogP contribution < -0.4 is 16.3 Å². The summed E-state index contributed by atoms with van der Waals surface area (Å²) in [7, 11) is 0. The van der Waals surface area contributed by atoms with Crippen molar-refractivity contribution in [1.82, 2.24) is 15.0 Å². The normalized spacial score (nSPS) is 12.9. The SMILES string of the molecule is CC[C@H](NC(=O)OC(C)(C)C)c1nc2cccc(C(F)(F)F)c2c(=O)n1Nc1ccc(F)cc1. The molecule has 0 aliphatic heterocycles. The number of aromatic nitrogens is 2. The Morgan fingerprint density at radius 2 is 1.76 bits per heavy atom. The van der Waals surface area contributed by atoms with Gasteiger partial charge in [-0.25, -0.2) is 18.8 Å². The van der Waals surface area contributed by atoms with Gasteiger partial charge in [0.1, 0.15) is 11.4 Å². The van der Waals surface area contributed by atoms with Crippen LogP contribution in [0.4, 0.5) is 28.0 Å². The molecular formula is C23H24F4N4O3. The van der Waals surface area contributed by atoms with Crippen LogP contribution in [0.25, 0.3) is 10.9 Å². The van der Waals surface area contributed by atoms with E-state index >= 15 is 0 Å². The fraction of sp³-hybridized carbons (Fsp3) is 0.348. The fourth-order valence-electron chi connectivity index (χ4n) is 3.28. The average Bonchev–Trinajstić information content (AvgIpc) is 2.73. The van der Waals surface area contributed by atoms with Crippen molar-refractivity contribution in [2.75, 3.05) is 5.43 Å². The summed E-state index contributed by atoms with van der Waals surface area (Å²) in [4.78, 5) is 30.0. The molecule has 11 heteroatoms. The van der Waals surface area contributed by atoms with Gasteiger partial charge in [0, 0.05) is 0 Å². The molecule has 3 aromatic rings. The van der Waals surface area contributed by atoms with E-state index in [1.165, 1.54) is 18.2 Å². The number of benzene rings is 2. The molecule has 0 bridgehead atoms. The van der Waals surface area contributed by atoms with E-state index in [1.54, 1.807) is 27.7 Å². The maximum Gasteiger partial charge on any atom is 0.417 e. The molecule has 1 amide bonds. The van der Waals surface area contributed by atoms with Gasteiger partial charge in [-0.05, 0) is 63.6 Å². The molecule has 0 fully saturated rings. The lowest BCUT2D eigenvalue weighted by atomic mass is 10.1. The second-order valence-corrected chi connectivity index (χ2v) is 8.53. The molecule has 1 heterocycles. The van der Waals surface area contributed by atoms with Gasteiger partial charge < -0.3 is 10.1 Å². The Morgan fingerprint density at radius 3 is 2.32 bits per heavy atom. The van der Waals surface area contributed by atoms with Gasteiger partial charge >= 0.3 is 12.3 Å². The topological polar surface area (TPSA) is 85.2 Å². The molecule has 1 atom stereocenters. The zero-order valence-electron chi connectivity index (χ0n) is 19.0. The van der Waals surface area contributed by atoms with Crippen molar-refractivity contribution in [1.29, 1.82) is 0 Å². The van der Waals surface area contributed by atoms with Crippen LogP contribution in [0.15, 0.2) is 47.3 Å². The summed E-state index contributed by atoms with van der Waals surface area (Å²) in [5.74, 6) is -0.582. The summed E-state index contributed by atoms with van der Waals surface area (Å²) >= 11 is 0. The van der Waals surface area contributed by atoms with Crippen LogP contribution in [0.2, 0.25) is 0 Å². The van der Waals surface area contributed by atoms with E-state index in [2.05, 4.69) is 15.7 Å². The molecule has 182 valence electrons. The summed E-state index contributed by atoms with van der Waals surface area (Å²) in [5, 5.41) is 1.97. The van der Waals surface area contributed by atoms with E-state index in [4.69, 9.17) is 4.74 Å². The number of anilines is 1. The maximum absolute atomic E-state index is 13.6. The molecule has 3 rings (SSSR count). The highest BCUT2D eigenvalue weighted by Crippen LogP contribution is 2.33. The van der Waals surface area contributed by atoms with Crippen LogP contribution in [0, 0.1) is 5.82 Å². The van der Waals surface area contributed by atoms with Crippen LogP contribution in [0.3, 0.4) is 0 Å². The summed E-state index contributed by atoms with van der Waals surface area (Å²) in [6, 6.07) is 7.22. The molecule has 0 saturated carbocycles. The van der Waals surface area contributed by atoms with Crippen molar-refractivity contribution in [3.05, 3.63) is 70.0 Å². The predicted octanol–water partition coefficient (Wildman–Crippen LogP) is 5.41. The molecule has 0 unspecified atom stereocenters. The number of halogens is 4. The minimum Gasteiger partial charge on any atom is -0.444 e. The van der Waals surface area contributed by atoms with Crippen molar-refractivity contribution in [3.63, 3.8) is 0 Å². The summed E-state index contributed by atoms with van der Waals surface area (Å²) in [6.07, 6.45) is -5.35. The molecule has 0 aliphatic carbocycles. The van der Waals surface area contributed by atoms with Gasteiger partial charge in [0.15, 0.2) is 5.82 Å². The molecular weight excluding hydrogens is 456 g/mol.